The van der Waals surface area contributed by atoms with Gasteiger partial charge in [-0.1, -0.05) is 0 Å². The van der Waals surface area contributed by atoms with Crippen LogP contribution in [0, 0.1) is 0 Å². The third kappa shape index (κ3) is 3.40. The Morgan fingerprint density at radius 3 is 2.35 bits per heavy atom. The number of sulfonamides is 1. The highest BCUT2D eigenvalue weighted by Gasteiger charge is 2.30. The van der Waals surface area contributed by atoms with E-state index in [1.807, 2.05) is 0 Å². The van der Waals surface area contributed by atoms with Crippen molar-refractivity contribution in [3.8, 4) is 0 Å². The van der Waals surface area contributed by atoms with E-state index in [0.29, 0.717) is 25.2 Å². The maximum absolute atomic E-state index is 11.4. The van der Waals surface area contributed by atoms with E-state index in [0.717, 1.165) is 25.9 Å². The second-order valence-corrected chi connectivity index (χ2v) is 7.06. The van der Waals surface area contributed by atoms with E-state index in [-0.39, 0.29) is 6.10 Å². The summed E-state index contributed by atoms with van der Waals surface area (Å²) in [6.07, 6.45) is 4.43. The summed E-state index contributed by atoms with van der Waals surface area (Å²) in [5.41, 5.74) is 0. The van der Waals surface area contributed by atoms with Crippen LogP contribution in [-0.4, -0.2) is 56.9 Å². The van der Waals surface area contributed by atoms with Crippen LogP contribution in [0.5, 0.6) is 0 Å². The Morgan fingerprint density at radius 2 is 1.88 bits per heavy atom. The molecule has 0 aromatic heterocycles. The van der Waals surface area contributed by atoms with Crippen LogP contribution in [0.4, 0.5) is 0 Å². The average molecular weight is 262 g/mol. The summed E-state index contributed by atoms with van der Waals surface area (Å²) in [6, 6.07) is 0.868. The van der Waals surface area contributed by atoms with E-state index in [9.17, 15) is 8.42 Å². The SMILES string of the molecule is CC1OCCC1NC1CCN(S(C)(=O)=O)CC1. The number of hydrogen-bond acceptors (Lipinski definition) is 4. The predicted octanol–water partition coefficient (Wildman–Crippen LogP) is 0.177. The molecule has 17 heavy (non-hydrogen) atoms. The van der Waals surface area contributed by atoms with Gasteiger partial charge in [0.05, 0.1) is 12.4 Å². The van der Waals surface area contributed by atoms with Crippen molar-refractivity contribution in [2.75, 3.05) is 26.0 Å². The fourth-order valence-corrected chi connectivity index (χ4v) is 3.48. The van der Waals surface area contributed by atoms with Gasteiger partial charge < -0.3 is 10.1 Å². The van der Waals surface area contributed by atoms with Crippen LogP contribution < -0.4 is 5.32 Å². The van der Waals surface area contributed by atoms with Crippen LogP contribution in [0.2, 0.25) is 0 Å². The van der Waals surface area contributed by atoms with Crippen molar-refractivity contribution in [1.29, 1.82) is 0 Å². The molecule has 2 aliphatic heterocycles. The Morgan fingerprint density at radius 1 is 1.24 bits per heavy atom. The van der Waals surface area contributed by atoms with E-state index in [1.165, 1.54) is 6.26 Å². The van der Waals surface area contributed by atoms with Gasteiger partial charge in [-0.2, -0.15) is 0 Å². The lowest BCUT2D eigenvalue weighted by Crippen LogP contribution is -2.49. The maximum atomic E-state index is 11.4. The molecule has 2 aliphatic rings. The standard InChI is InChI=1S/C11H22N2O3S/c1-9-11(5-8-16-9)12-10-3-6-13(7-4-10)17(2,14)15/h9-12H,3-8H2,1-2H3. The Labute approximate surface area is 104 Å². The molecule has 0 amide bonds. The number of rotatable bonds is 3. The molecule has 2 heterocycles. The van der Waals surface area contributed by atoms with Crippen molar-refractivity contribution in [2.24, 2.45) is 0 Å². The largest absolute Gasteiger partial charge is 0.377 e. The Balaban J connectivity index is 1.79. The minimum Gasteiger partial charge on any atom is -0.377 e. The minimum atomic E-state index is -3.01. The molecule has 1 N–H and O–H groups in total. The van der Waals surface area contributed by atoms with Gasteiger partial charge in [0.1, 0.15) is 0 Å². The molecule has 100 valence electrons. The van der Waals surface area contributed by atoms with Crippen LogP contribution in [0.1, 0.15) is 26.2 Å². The zero-order valence-electron chi connectivity index (χ0n) is 10.6. The fraction of sp³-hybridized carbons (Fsp3) is 1.00. The Hall–Kier alpha value is -0.170. The summed E-state index contributed by atoms with van der Waals surface area (Å²) in [7, 11) is -3.01. The van der Waals surface area contributed by atoms with E-state index < -0.39 is 10.0 Å². The molecule has 6 heteroatoms. The van der Waals surface area contributed by atoms with Crippen molar-refractivity contribution in [1.82, 2.24) is 9.62 Å². The van der Waals surface area contributed by atoms with E-state index in [1.54, 1.807) is 4.31 Å². The summed E-state index contributed by atoms with van der Waals surface area (Å²) in [4.78, 5) is 0. The van der Waals surface area contributed by atoms with Crippen molar-refractivity contribution >= 4 is 10.0 Å². The first kappa shape index (κ1) is 13.3. The Bertz CT molecular complexity index is 350. The first-order valence-corrected chi connectivity index (χ1v) is 8.14. The summed E-state index contributed by atoms with van der Waals surface area (Å²) < 4.78 is 29.8. The molecule has 0 aromatic rings. The molecule has 2 unspecified atom stereocenters. The smallest absolute Gasteiger partial charge is 0.211 e. The highest BCUT2D eigenvalue weighted by atomic mass is 32.2. The molecule has 0 radical (unpaired) electrons. The highest BCUT2D eigenvalue weighted by Crippen LogP contribution is 2.18. The predicted molar refractivity (Wildman–Crippen MR) is 66.4 cm³/mol. The zero-order chi connectivity index (χ0) is 12.5. The first-order valence-electron chi connectivity index (χ1n) is 6.29. The van der Waals surface area contributed by atoms with Crippen molar-refractivity contribution in [3.05, 3.63) is 0 Å². The molecule has 5 nitrogen and oxygen atoms in total. The lowest BCUT2D eigenvalue weighted by molar-refractivity contribution is 0.108. The van der Waals surface area contributed by atoms with Crippen molar-refractivity contribution in [2.45, 2.75) is 44.4 Å². The lowest BCUT2D eigenvalue weighted by atomic mass is 10.0. The quantitative estimate of drug-likeness (QED) is 0.788. The molecular weight excluding hydrogens is 240 g/mol. The van der Waals surface area contributed by atoms with E-state index >= 15 is 0 Å². The van der Waals surface area contributed by atoms with Gasteiger partial charge in [-0.3, -0.25) is 0 Å². The molecule has 2 fully saturated rings. The topological polar surface area (TPSA) is 58.6 Å². The molecular formula is C11H22N2O3S. The average Bonchev–Trinajstić information content (AvgIpc) is 2.64. The van der Waals surface area contributed by atoms with Crippen LogP contribution in [0.25, 0.3) is 0 Å². The van der Waals surface area contributed by atoms with Crippen LogP contribution >= 0.6 is 0 Å². The normalized spacial score (nSPS) is 33.1. The maximum Gasteiger partial charge on any atom is 0.211 e. The van der Waals surface area contributed by atoms with Gasteiger partial charge in [-0.05, 0) is 26.2 Å². The van der Waals surface area contributed by atoms with Gasteiger partial charge in [0.25, 0.3) is 0 Å². The van der Waals surface area contributed by atoms with Crippen molar-refractivity contribution in [3.63, 3.8) is 0 Å². The molecule has 0 bridgehead atoms. The molecule has 0 aromatic carbocycles. The Kier molecular flexibility index (Phi) is 4.07. The third-order valence-corrected chi connectivity index (χ3v) is 5.05. The number of nitrogens with zero attached hydrogens (tertiary/aromatic N) is 1. The van der Waals surface area contributed by atoms with Gasteiger partial charge in [-0.15, -0.1) is 0 Å². The minimum absolute atomic E-state index is 0.280. The molecule has 0 aliphatic carbocycles. The summed E-state index contributed by atoms with van der Waals surface area (Å²) >= 11 is 0. The first-order chi connectivity index (χ1) is 7.97. The summed E-state index contributed by atoms with van der Waals surface area (Å²) in [5.74, 6) is 0. The van der Waals surface area contributed by atoms with Crippen molar-refractivity contribution < 1.29 is 13.2 Å². The second-order valence-electron chi connectivity index (χ2n) is 5.07. The molecule has 0 saturated carbocycles. The third-order valence-electron chi connectivity index (χ3n) is 3.75. The van der Waals surface area contributed by atoms with Gasteiger partial charge >= 0.3 is 0 Å². The van der Waals surface area contributed by atoms with Gasteiger partial charge in [-0.25, -0.2) is 12.7 Å². The highest BCUT2D eigenvalue weighted by molar-refractivity contribution is 7.88. The summed E-state index contributed by atoms with van der Waals surface area (Å²) in [6.45, 7) is 4.20. The number of piperidine rings is 1. The van der Waals surface area contributed by atoms with Crippen LogP contribution in [0.15, 0.2) is 0 Å². The van der Waals surface area contributed by atoms with E-state index in [4.69, 9.17) is 4.74 Å². The fourth-order valence-electron chi connectivity index (χ4n) is 2.61. The molecule has 2 saturated heterocycles. The van der Waals surface area contributed by atoms with Gasteiger partial charge in [0.2, 0.25) is 10.0 Å². The van der Waals surface area contributed by atoms with E-state index in [2.05, 4.69) is 12.2 Å². The molecule has 0 spiro atoms. The van der Waals surface area contributed by atoms with Crippen LogP contribution in [-0.2, 0) is 14.8 Å². The number of nitrogens with one attached hydrogen (secondary N) is 1. The number of hydrogen-bond donors (Lipinski definition) is 1. The second kappa shape index (κ2) is 5.22. The van der Waals surface area contributed by atoms with Crippen LogP contribution in [0.3, 0.4) is 0 Å². The monoisotopic (exact) mass is 262 g/mol. The lowest BCUT2D eigenvalue weighted by Gasteiger charge is -2.33. The molecule has 2 atom stereocenters. The zero-order valence-corrected chi connectivity index (χ0v) is 11.4. The number of ether oxygens (including phenoxy) is 1. The summed E-state index contributed by atoms with van der Waals surface area (Å²) in [5, 5.41) is 3.59. The van der Waals surface area contributed by atoms with Gasteiger partial charge in [0.15, 0.2) is 0 Å². The van der Waals surface area contributed by atoms with Gasteiger partial charge in [0, 0.05) is 31.8 Å². The molecule has 2 rings (SSSR count).